The molecule has 1 heterocycles. The Hall–Kier alpha value is -3.68. The van der Waals surface area contributed by atoms with Gasteiger partial charge in [-0.15, -0.1) is 0 Å². The van der Waals surface area contributed by atoms with Crippen LogP contribution in [0.4, 0.5) is 0 Å². The zero-order valence-electron chi connectivity index (χ0n) is 14.2. The highest BCUT2D eigenvalue weighted by Gasteiger charge is 2.14. The minimum absolute atomic E-state index is 0.0548. The molecule has 27 heavy (non-hydrogen) atoms. The zero-order chi connectivity index (χ0) is 19.2. The Bertz CT molecular complexity index is 1040. The lowest BCUT2D eigenvalue weighted by molar-refractivity contribution is -0.148. The molecule has 0 unspecified atom stereocenters. The van der Waals surface area contributed by atoms with Crippen LogP contribution in [0.5, 0.6) is 0 Å². The van der Waals surface area contributed by atoms with E-state index in [1.807, 2.05) is 0 Å². The highest BCUT2D eigenvalue weighted by atomic mass is 16.5. The van der Waals surface area contributed by atoms with E-state index in [2.05, 4.69) is 5.32 Å². The smallest absolute Gasteiger partial charge is 0.419 e. The van der Waals surface area contributed by atoms with Crippen LogP contribution in [0.25, 0.3) is 11.1 Å². The van der Waals surface area contributed by atoms with E-state index in [0.717, 1.165) is 0 Å². The summed E-state index contributed by atoms with van der Waals surface area (Å²) in [6, 6.07) is 15.0. The number of ether oxygens (including phenoxy) is 1. The van der Waals surface area contributed by atoms with Crippen molar-refractivity contribution in [3.05, 3.63) is 70.7 Å². The van der Waals surface area contributed by atoms with Crippen molar-refractivity contribution in [1.82, 2.24) is 9.88 Å². The highest BCUT2D eigenvalue weighted by molar-refractivity contribution is 6.05. The van der Waals surface area contributed by atoms with E-state index < -0.39 is 30.1 Å². The normalized spacial score (nSPS) is 10.5. The second-order valence-corrected chi connectivity index (χ2v) is 5.64. The average molecular weight is 368 g/mol. The van der Waals surface area contributed by atoms with Crippen LogP contribution in [0.1, 0.15) is 16.8 Å². The number of esters is 1. The molecule has 0 aliphatic rings. The monoisotopic (exact) mass is 368 g/mol. The molecule has 0 spiro atoms. The molecule has 1 aromatic heterocycles. The SMILES string of the molecule is O=C(COC(=O)CCn1c(=O)oc2ccccc21)NC(=O)c1ccccc1. The summed E-state index contributed by atoms with van der Waals surface area (Å²) in [5.74, 6) is -2.55. The number of aromatic nitrogens is 1. The van der Waals surface area contributed by atoms with Gasteiger partial charge < -0.3 is 9.15 Å². The van der Waals surface area contributed by atoms with Crippen LogP contribution in [-0.4, -0.2) is 29.0 Å². The number of aryl methyl sites for hydroxylation is 1. The molecule has 0 aliphatic carbocycles. The third kappa shape index (κ3) is 4.49. The van der Waals surface area contributed by atoms with E-state index in [9.17, 15) is 19.2 Å². The van der Waals surface area contributed by atoms with Crippen molar-refractivity contribution in [3.63, 3.8) is 0 Å². The number of benzene rings is 2. The van der Waals surface area contributed by atoms with Gasteiger partial charge in [0.05, 0.1) is 11.9 Å². The molecule has 0 atom stereocenters. The molecule has 0 saturated heterocycles. The Morgan fingerprint density at radius 2 is 1.70 bits per heavy atom. The van der Waals surface area contributed by atoms with Crippen molar-refractivity contribution in [3.8, 4) is 0 Å². The largest absolute Gasteiger partial charge is 0.456 e. The van der Waals surface area contributed by atoms with E-state index in [4.69, 9.17) is 9.15 Å². The van der Waals surface area contributed by atoms with E-state index in [1.54, 1.807) is 54.6 Å². The predicted molar refractivity (Wildman–Crippen MR) is 95.0 cm³/mol. The minimum atomic E-state index is -0.733. The maximum Gasteiger partial charge on any atom is 0.419 e. The lowest BCUT2D eigenvalue weighted by Gasteiger charge is -2.06. The first kappa shape index (κ1) is 18.1. The maximum atomic E-state index is 11.8. The molecule has 2 aromatic carbocycles. The van der Waals surface area contributed by atoms with E-state index in [1.165, 1.54) is 4.57 Å². The van der Waals surface area contributed by atoms with E-state index >= 15 is 0 Å². The summed E-state index contributed by atoms with van der Waals surface area (Å²) in [7, 11) is 0. The van der Waals surface area contributed by atoms with Gasteiger partial charge in [0.15, 0.2) is 12.2 Å². The molecule has 8 nitrogen and oxygen atoms in total. The van der Waals surface area contributed by atoms with Crippen molar-refractivity contribution in [2.75, 3.05) is 6.61 Å². The summed E-state index contributed by atoms with van der Waals surface area (Å²) in [4.78, 5) is 47.2. The van der Waals surface area contributed by atoms with Gasteiger partial charge in [-0.3, -0.25) is 24.3 Å². The Labute approximate surface area is 153 Å². The quantitative estimate of drug-likeness (QED) is 0.661. The second-order valence-electron chi connectivity index (χ2n) is 5.64. The fraction of sp³-hybridized carbons (Fsp3) is 0.158. The number of rotatable bonds is 6. The maximum absolute atomic E-state index is 11.8. The summed E-state index contributed by atoms with van der Waals surface area (Å²) in [5.41, 5.74) is 1.32. The lowest BCUT2D eigenvalue weighted by atomic mass is 10.2. The van der Waals surface area contributed by atoms with Crippen molar-refractivity contribution in [1.29, 1.82) is 0 Å². The van der Waals surface area contributed by atoms with Crippen molar-refractivity contribution < 1.29 is 23.5 Å². The predicted octanol–water partition coefficient (Wildman–Crippen LogP) is 1.48. The molecule has 8 heteroatoms. The number of imide groups is 1. The van der Waals surface area contributed by atoms with Crippen LogP contribution in [0.3, 0.4) is 0 Å². The molecule has 0 radical (unpaired) electrons. The van der Waals surface area contributed by atoms with Gasteiger partial charge in [0.2, 0.25) is 0 Å². The van der Waals surface area contributed by atoms with Gasteiger partial charge in [-0.25, -0.2) is 4.79 Å². The van der Waals surface area contributed by atoms with E-state index in [-0.39, 0.29) is 13.0 Å². The second kappa shape index (κ2) is 8.13. The number of fused-ring (bicyclic) bond motifs is 1. The van der Waals surface area contributed by atoms with Gasteiger partial charge in [0.1, 0.15) is 0 Å². The minimum Gasteiger partial charge on any atom is -0.456 e. The Kier molecular flexibility index (Phi) is 5.46. The third-order valence-electron chi connectivity index (χ3n) is 3.77. The first-order valence-electron chi connectivity index (χ1n) is 8.18. The number of para-hydroxylation sites is 2. The number of carbonyl (C=O) groups is 3. The lowest BCUT2D eigenvalue weighted by Crippen LogP contribution is -2.34. The van der Waals surface area contributed by atoms with Crippen LogP contribution in [-0.2, 0) is 20.9 Å². The molecule has 2 amide bonds. The van der Waals surface area contributed by atoms with E-state index in [0.29, 0.717) is 16.7 Å². The third-order valence-corrected chi connectivity index (χ3v) is 3.77. The number of amides is 2. The van der Waals surface area contributed by atoms with Gasteiger partial charge in [-0.05, 0) is 24.3 Å². The van der Waals surface area contributed by atoms with Gasteiger partial charge in [-0.1, -0.05) is 30.3 Å². The Morgan fingerprint density at radius 1 is 1.00 bits per heavy atom. The number of nitrogens with zero attached hydrogens (tertiary/aromatic N) is 1. The fourth-order valence-corrected chi connectivity index (χ4v) is 2.47. The number of carbonyl (C=O) groups excluding carboxylic acids is 3. The Morgan fingerprint density at radius 3 is 2.48 bits per heavy atom. The number of hydrogen-bond donors (Lipinski definition) is 1. The number of hydrogen-bond acceptors (Lipinski definition) is 6. The van der Waals surface area contributed by atoms with Gasteiger partial charge in [0.25, 0.3) is 11.8 Å². The molecule has 138 valence electrons. The van der Waals surface area contributed by atoms with Crippen LogP contribution in [0, 0.1) is 0 Å². The van der Waals surface area contributed by atoms with Crippen LogP contribution < -0.4 is 11.1 Å². The van der Waals surface area contributed by atoms with Crippen molar-refractivity contribution >= 4 is 28.9 Å². The molecule has 0 aliphatic heterocycles. The Balaban J connectivity index is 1.48. The zero-order valence-corrected chi connectivity index (χ0v) is 14.2. The molecule has 0 bridgehead atoms. The van der Waals surface area contributed by atoms with Gasteiger partial charge in [0, 0.05) is 12.1 Å². The molecular formula is C19H16N2O6. The van der Waals surface area contributed by atoms with Gasteiger partial charge in [-0.2, -0.15) is 0 Å². The topological polar surface area (TPSA) is 108 Å². The number of oxazole rings is 1. The molecule has 0 saturated carbocycles. The molecule has 0 fully saturated rings. The first-order valence-corrected chi connectivity index (χ1v) is 8.18. The summed E-state index contributed by atoms with van der Waals surface area (Å²) in [6.45, 7) is -0.530. The molecule has 3 rings (SSSR count). The molecule has 1 N–H and O–H groups in total. The van der Waals surface area contributed by atoms with Crippen molar-refractivity contribution in [2.45, 2.75) is 13.0 Å². The van der Waals surface area contributed by atoms with Crippen LogP contribution in [0.2, 0.25) is 0 Å². The standard InChI is InChI=1S/C19H16N2O6/c22-16(20-18(24)13-6-2-1-3-7-13)12-26-17(23)10-11-21-14-8-4-5-9-15(14)27-19(21)25/h1-9H,10-12H2,(H,20,22,24). The van der Waals surface area contributed by atoms with Crippen LogP contribution in [0.15, 0.2) is 63.8 Å². The summed E-state index contributed by atoms with van der Waals surface area (Å²) in [5, 5.41) is 2.13. The number of nitrogens with one attached hydrogen (secondary N) is 1. The molecule has 3 aromatic rings. The average Bonchev–Trinajstić information content (AvgIpc) is 3.00. The first-order chi connectivity index (χ1) is 13.0. The van der Waals surface area contributed by atoms with Gasteiger partial charge >= 0.3 is 11.7 Å². The summed E-state index contributed by atoms with van der Waals surface area (Å²) < 4.78 is 11.2. The summed E-state index contributed by atoms with van der Waals surface area (Å²) in [6.07, 6.45) is -0.122. The highest BCUT2D eigenvalue weighted by Crippen LogP contribution is 2.12. The molecular weight excluding hydrogens is 352 g/mol. The fourth-order valence-electron chi connectivity index (χ4n) is 2.47. The summed E-state index contributed by atoms with van der Waals surface area (Å²) >= 11 is 0. The van der Waals surface area contributed by atoms with Crippen molar-refractivity contribution in [2.24, 2.45) is 0 Å². The van der Waals surface area contributed by atoms with Crippen LogP contribution >= 0.6 is 0 Å².